The Morgan fingerprint density at radius 2 is 1.78 bits per heavy atom. The third kappa shape index (κ3) is 4.55. The predicted octanol–water partition coefficient (Wildman–Crippen LogP) is 3.36. The lowest BCUT2D eigenvalue weighted by atomic mass is 10.0. The molecule has 2 saturated heterocycles. The van der Waals surface area contributed by atoms with Crippen molar-refractivity contribution in [3.63, 3.8) is 0 Å². The fourth-order valence-corrected chi connectivity index (χ4v) is 4.67. The van der Waals surface area contributed by atoms with Gasteiger partial charge in [-0.15, -0.1) is 0 Å². The third-order valence-corrected chi connectivity index (χ3v) is 6.47. The van der Waals surface area contributed by atoms with Gasteiger partial charge in [-0.1, -0.05) is 0 Å². The highest BCUT2D eigenvalue weighted by molar-refractivity contribution is 9.10. The monoisotopic (exact) mass is 440 g/mol. The van der Waals surface area contributed by atoms with Crippen LogP contribution in [0.25, 0.3) is 0 Å². The molecule has 0 radical (unpaired) electrons. The molecule has 2 heterocycles. The highest BCUT2D eigenvalue weighted by Gasteiger charge is 2.30. The topological polar surface area (TPSA) is 62.1 Å². The van der Waals surface area contributed by atoms with Crippen LogP contribution in [0.15, 0.2) is 16.6 Å². The van der Waals surface area contributed by atoms with Crippen LogP contribution in [0, 0.1) is 10.1 Å². The first kappa shape index (κ1) is 20.4. The van der Waals surface area contributed by atoms with Gasteiger partial charge in [0.15, 0.2) is 0 Å². The van der Waals surface area contributed by atoms with E-state index >= 15 is 0 Å². The summed E-state index contributed by atoms with van der Waals surface area (Å²) in [5, 5.41) is 11.5. The van der Waals surface area contributed by atoms with Gasteiger partial charge in [-0.2, -0.15) is 0 Å². The van der Waals surface area contributed by atoms with Crippen LogP contribution < -0.4 is 9.64 Å². The summed E-state index contributed by atoms with van der Waals surface area (Å²) in [6.45, 7) is 10.7. The van der Waals surface area contributed by atoms with Gasteiger partial charge in [-0.3, -0.25) is 19.9 Å². The van der Waals surface area contributed by atoms with Gasteiger partial charge in [0.1, 0.15) is 11.4 Å². The van der Waals surface area contributed by atoms with Crippen molar-refractivity contribution in [3.05, 3.63) is 26.7 Å². The minimum atomic E-state index is -0.309. The highest BCUT2D eigenvalue weighted by atomic mass is 79.9. The van der Waals surface area contributed by atoms with Crippen molar-refractivity contribution < 1.29 is 9.66 Å². The number of nitrogens with zero attached hydrogens (tertiary/aromatic N) is 4. The Balaban J connectivity index is 1.65. The Labute approximate surface area is 169 Å². The van der Waals surface area contributed by atoms with Gasteiger partial charge >= 0.3 is 0 Å². The van der Waals surface area contributed by atoms with Crippen molar-refractivity contribution in [2.45, 2.75) is 38.8 Å². The van der Waals surface area contributed by atoms with E-state index < -0.39 is 0 Å². The zero-order valence-electron chi connectivity index (χ0n) is 16.4. The molecule has 8 heteroatoms. The fraction of sp³-hybridized carbons (Fsp3) is 0.684. The summed E-state index contributed by atoms with van der Waals surface area (Å²) in [5.41, 5.74) is 0.787. The maximum atomic E-state index is 11.5. The molecule has 0 aromatic heterocycles. The zero-order valence-corrected chi connectivity index (χ0v) is 17.9. The number of nitro benzene ring substituents is 1. The summed E-state index contributed by atoms with van der Waals surface area (Å²) in [7, 11) is 1.58. The summed E-state index contributed by atoms with van der Waals surface area (Å²) in [6.07, 6.45) is 2.08. The summed E-state index contributed by atoms with van der Waals surface area (Å²) >= 11 is 3.35. The number of anilines is 1. The first-order chi connectivity index (χ1) is 12.9. The molecule has 2 aliphatic rings. The van der Waals surface area contributed by atoms with E-state index in [0.717, 1.165) is 52.1 Å². The molecule has 0 N–H and O–H groups in total. The molecule has 1 aromatic rings. The van der Waals surface area contributed by atoms with Gasteiger partial charge in [0.2, 0.25) is 0 Å². The van der Waals surface area contributed by atoms with Crippen molar-refractivity contribution in [1.82, 2.24) is 9.80 Å². The van der Waals surface area contributed by atoms with E-state index in [0.29, 0.717) is 28.0 Å². The van der Waals surface area contributed by atoms with E-state index in [1.165, 1.54) is 0 Å². The van der Waals surface area contributed by atoms with Crippen LogP contribution in [0.5, 0.6) is 5.75 Å². The quantitative estimate of drug-likeness (QED) is 0.516. The molecular weight excluding hydrogens is 412 g/mol. The van der Waals surface area contributed by atoms with Crippen molar-refractivity contribution >= 4 is 27.3 Å². The minimum Gasteiger partial charge on any atom is -0.495 e. The molecule has 2 fully saturated rings. The molecule has 3 rings (SSSR count). The van der Waals surface area contributed by atoms with Gasteiger partial charge in [-0.25, -0.2) is 0 Å². The highest BCUT2D eigenvalue weighted by Crippen LogP contribution is 2.39. The van der Waals surface area contributed by atoms with Crippen molar-refractivity contribution in [1.29, 1.82) is 0 Å². The number of hydrogen-bond acceptors (Lipinski definition) is 6. The number of piperidine rings is 1. The largest absolute Gasteiger partial charge is 0.495 e. The van der Waals surface area contributed by atoms with Crippen LogP contribution >= 0.6 is 15.9 Å². The second-order valence-electron chi connectivity index (χ2n) is 7.62. The molecular formula is C19H29BrN4O3. The van der Waals surface area contributed by atoms with Gasteiger partial charge in [-0.05, 0) is 42.6 Å². The number of nitro groups is 1. The maximum absolute atomic E-state index is 11.5. The molecule has 2 aliphatic heterocycles. The molecule has 0 unspecified atom stereocenters. The second kappa shape index (κ2) is 8.75. The predicted molar refractivity (Wildman–Crippen MR) is 111 cm³/mol. The smallest absolute Gasteiger partial charge is 0.293 e. The molecule has 0 aliphatic carbocycles. The first-order valence-corrected chi connectivity index (χ1v) is 10.4. The van der Waals surface area contributed by atoms with Gasteiger partial charge in [0, 0.05) is 63.5 Å². The Morgan fingerprint density at radius 3 is 2.30 bits per heavy atom. The van der Waals surface area contributed by atoms with E-state index in [9.17, 15) is 10.1 Å². The lowest BCUT2D eigenvalue weighted by Gasteiger charge is -2.44. The summed E-state index contributed by atoms with van der Waals surface area (Å²) in [4.78, 5) is 18.5. The lowest BCUT2D eigenvalue weighted by Crippen LogP contribution is -2.54. The Kier molecular flexibility index (Phi) is 6.60. The number of methoxy groups -OCH3 is 1. The normalized spacial score (nSPS) is 20.3. The molecule has 0 atom stereocenters. The van der Waals surface area contributed by atoms with E-state index in [2.05, 4.69) is 44.5 Å². The van der Waals surface area contributed by atoms with Crippen LogP contribution in [-0.4, -0.2) is 73.2 Å². The molecule has 7 nitrogen and oxygen atoms in total. The standard InChI is InChI=1S/C19H29BrN4O3/c1-14(2)21-8-10-22(11-9-21)15-4-6-23(7-5-15)17-13-19(27-3)16(20)12-18(17)24(25)26/h12-15H,4-11H2,1-3H3. The minimum absolute atomic E-state index is 0.131. The summed E-state index contributed by atoms with van der Waals surface area (Å²) in [5.74, 6) is 0.627. The van der Waals surface area contributed by atoms with Crippen LogP contribution in [-0.2, 0) is 0 Å². The molecule has 0 bridgehead atoms. The lowest BCUT2D eigenvalue weighted by molar-refractivity contribution is -0.384. The zero-order chi connectivity index (χ0) is 19.6. The van der Waals surface area contributed by atoms with Gasteiger partial charge < -0.3 is 9.64 Å². The molecule has 1 aromatic carbocycles. The molecule has 27 heavy (non-hydrogen) atoms. The number of rotatable bonds is 5. The van der Waals surface area contributed by atoms with Crippen LogP contribution in [0.3, 0.4) is 0 Å². The molecule has 150 valence electrons. The number of hydrogen-bond donors (Lipinski definition) is 0. The fourth-order valence-electron chi connectivity index (χ4n) is 4.18. The molecule has 0 amide bonds. The van der Waals surface area contributed by atoms with Gasteiger partial charge in [0.05, 0.1) is 16.5 Å². The van der Waals surface area contributed by atoms with Crippen molar-refractivity contribution in [2.24, 2.45) is 0 Å². The van der Waals surface area contributed by atoms with Gasteiger partial charge in [0.25, 0.3) is 5.69 Å². The molecule has 0 spiro atoms. The number of ether oxygens (including phenoxy) is 1. The van der Waals surface area contributed by atoms with E-state index in [1.807, 2.05) is 0 Å². The second-order valence-corrected chi connectivity index (χ2v) is 8.47. The van der Waals surface area contributed by atoms with E-state index in [1.54, 1.807) is 19.2 Å². The average Bonchev–Trinajstić information content (AvgIpc) is 2.68. The van der Waals surface area contributed by atoms with Crippen molar-refractivity contribution in [3.8, 4) is 5.75 Å². The number of piperazine rings is 1. The molecule has 0 saturated carbocycles. The average molecular weight is 441 g/mol. The van der Waals surface area contributed by atoms with E-state index in [4.69, 9.17) is 4.74 Å². The third-order valence-electron chi connectivity index (χ3n) is 5.85. The number of benzene rings is 1. The van der Waals surface area contributed by atoms with Crippen LogP contribution in [0.1, 0.15) is 26.7 Å². The van der Waals surface area contributed by atoms with E-state index in [-0.39, 0.29) is 10.6 Å². The first-order valence-electron chi connectivity index (χ1n) is 9.65. The number of halogens is 1. The summed E-state index contributed by atoms with van der Waals surface area (Å²) in [6, 6.07) is 4.52. The van der Waals surface area contributed by atoms with Crippen molar-refractivity contribution in [2.75, 3.05) is 51.3 Å². The van der Waals surface area contributed by atoms with Crippen LogP contribution in [0.2, 0.25) is 0 Å². The Morgan fingerprint density at radius 1 is 1.15 bits per heavy atom. The maximum Gasteiger partial charge on any atom is 0.293 e. The van der Waals surface area contributed by atoms with Crippen LogP contribution in [0.4, 0.5) is 11.4 Å². The Bertz CT molecular complexity index is 669. The SMILES string of the molecule is COc1cc(N2CCC(N3CCN(C(C)C)CC3)CC2)c([N+](=O)[O-])cc1Br. The Hall–Kier alpha value is -1.38. The summed E-state index contributed by atoms with van der Waals surface area (Å²) < 4.78 is 5.96.